The number of hydrogen-bond acceptors (Lipinski definition) is 0. The predicted molar refractivity (Wildman–Crippen MR) is 131 cm³/mol. The first kappa shape index (κ1) is 22.9. The van der Waals surface area contributed by atoms with Crippen LogP contribution in [0.4, 0.5) is 0 Å². The van der Waals surface area contributed by atoms with Gasteiger partial charge in [0.1, 0.15) is 0 Å². The monoisotopic (exact) mass is 412 g/mol. The molecule has 0 aliphatic heterocycles. The largest absolute Gasteiger partial charge is 0.0819 e. The van der Waals surface area contributed by atoms with Gasteiger partial charge in [0, 0.05) is 0 Å². The van der Waals surface area contributed by atoms with Crippen LogP contribution in [0.1, 0.15) is 119 Å². The Labute approximate surface area is 189 Å². The normalized spacial score (nSPS) is 45.3. The number of hydrogen-bond donors (Lipinski definition) is 0. The van der Waals surface area contributed by atoms with E-state index in [1.165, 1.54) is 64.2 Å². The van der Waals surface area contributed by atoms with Crippen molar-refractivity contribution in [2.24, 2.45) is 58.2 Å². The molecule has 4 aliphatic rings. The molecular formula is C30H52. The van der Waals surface area contributed by atoms with Crippen LogP contribution in [-0.2, 0) is 0 Å². The summed E-state index contributed by atoms with van der Waals surface area (Å²) in [7, 11) is 0. The minimum Gasteiger partial charge on any atom is -0.0819 e. The highest BCUT2D eigenvalue weighted by atomic mass is 14.6. The summed E-state index contributed by atoms with van der Waals surface area (Å²) < 4.78 is 0. The molecule has 30 heavy (non-hydrogen) atoms. The second kappa shape index (κ2) is 8.59. The van der Waals surface area contributed by atoms with Gasteiger partial charge in [0.25, 0.3) is 0 Å². The highest BCUT2D eigenvalue weighted by Crippen LogP contribution is 2.68. The number of allylic oxidation sites excluding steroid dienone is 2. The second-order valence-electron chi connectivity index (χ2n) is 13.2. The molecule has 0 nitrogen and oxygen atoms in total. The van der Waals surface area contributed by atoms with E-state index in [1.54, 1.807) is 6.42 Å². The minimum absolute atomic E-state index is 0.548. The lowest BCUT2D eigenvalue weighted by Gasteiger charge is -2.59. The van der Waals surface area contributed by atoms with Crippen molar-refractivity contribution < 1.29 is 0 Å². The first-order chi connectivity index (χ1) is 14.2. The van der Waals surface area contributed by atoms with Gasteiger partial charge in [-0.05, 0) is 116 Å². The second-order valence-corrected chi connectivity index (χ2v) is 13.2. The van der Waals surface area contributed by atoms with Crippen LogP contribution in [0.15, 0.2) is 11.6 Å². The van der Waals surface area contributed by atoms with Crippen LogP contribution in [0, 0.1) is 58.2 Å². The molecule has 3 saturated carbocycles. The van der Waals surface area contributed by atoms with Crippen LogP contribution >= 0.6 is 0 Å². The van der Waals surface area contributed by atoms with Crippen LogP contribution < -0.4 is 0 Å². The van der Waals surface area contributed by atoms with E-state index in [2.05, 4.69) is 54.5 Å². The summed E-state index contributed by atoms with van der Waals surface area (Å²) in [6.45, 7) is 17.8. The molecule has 0 amide bonds. The first-order valence-electron chi connectivity index (χ1n) is 13.9. The summed E-state index contributed by atoms with van der Waals surface area (Å²) >= 11 is 0. The molecule has 4 aliphatic carbocycles. The average Bonchev–Trinajstić information content (AvgIpc) is 3.06. The molecule has 0 N–H and O–H groups in total. The Morgan fingerprint density at radius 2 is 1.70 bits per heavy atom. The van der Waals surface area contributed by atoms with Gasteiger partial charge in [-0.15, -0.1) is 0 Å². The zero-order valence-corrected chi connectivity index (χ0v) is 21.5. The third kappa shape index (κ3) is 3.75. The van der Waals surface area contributed by atoms with E-state index in [9.17, 15) is 0 Å². The molecule has 0 bridgehead atoms. The molecule has 4 rings (SSSR count). The number of rotatable bonds is 6. The summed E-state index contributed by atoms with van der Waals surface area (Å²) in [5.41, 5.74) is 3.06. The summed E-state index contributed by atoms with van der Waals surface area (Å²) in [6, 6.07) is 0. The molecule has 0 aromatic rings. The standard InChI is InChI=1S/C30H52/c1-8-23(20(2)3)10-9-22(5)26-13-14-27-25-12-11-24-19-21(4)15-17-29(24,6)28(25)16-18-30(26,27)7/h19-23,25-28H,8-18H2,1-7H3. The van der Waals surface area contributed by atoms with Gasteiger partial charge in [-0.2, -0.15) is 0 Å². The molecule has 0 aromatic heterocycles. The number of fused-ring (bicyclic) bond motifs is 5. The molecule has 9 unspecified atom stereocenters. The summed E-state index contributed by atoms with van der Waals surface area (Å²) in [5, 5.41) is 0. The van der Waals surface area contributed by atoms with E-state index in [4.69, 9.17) is 0 Å². The highest BCUT2D eigenvalue weighted by molar-refractivity contribution is 5.24. The molecule has 0 heteroatoms. The third-order valence-electron chi connectivity index (χ3n) is 11.6. The van der Waals surface area contributed by atoms with Gasteiger partial charge in [0.15, 0.2) is 0 Å². The maximum Gasteiger partial charge on any atom is -0.00851 e. The first-order valence-corrected chi connectivity index (χ1v) is 13.9. The molecule has 0 heterocycles. The van der Waals surface area contributed by atoms with E-state index >= 15 is 0 Å². The van der Waals surface area contributed by atoms with E-state index in [0.29, 0.717) is 10.8 Å². The fourth-order valence-corrected chi connectivity index (χ4v) is 9.56. The van der Waals surface area contributed by atoms with Crippen molar-refractivity contribution in [2.45, 2.75) is 119 Å². The Morgan fingerprint density at radius 3 is 2.40 bits per heavy atom. The van der Waals surface area contributed by atoms with Crippen LogP contribution in [0.5, 0.6) is 0 Å². The van der Waals surface area contributed by atoms with Crippen LogP contribution in [-0.4, -0.2) is 0 Å². The topological polar surface area (TPSA) is 0 Å². The van der Waals surface area contributed by atoms with Gasteiger partial charge in [-0.25, -0.2) is 0 Å². The maximum atomic E-state index is 2.75. The SMILES string of the molecule is CCC(CCC(C)C1CCC2C3CCC4=CC(C)CCC4(C)C3CCC12C)C(C)C. The average molecular weight is 413 g/mol. The van der Waals surface area contributed by atoms with Crippen molar-refractivity contribution in [3.05, 3.63) is 11.6 Å². The molecule has 0 saturated heterocycles. The summed E-state index contributed by atoms with van der Waals surface area (Å²) in [5.74, 6) is 7.57. The Hall–Kier alpha value is -0.260. The summed E-state index contributed by atoms with van der Waals surface area (Å²) in [6.07, 6.45) is 18.9. The fraction of sp³-hybridized carbons (Fsp3) is 0.933. The van der Waals surface area contributed by atoms with E-state index in [-0.39, 0.29) is 0 Å². The van der Waals surface area contributed by atoms with Gasteiger partial charge < -0.3 is 0 Å². The van der Waals surface area contributed by atoms with E-state index < -0.39 is 0 Å². The van der Waals surface area contributed by atoms with Gasteiger partial charge in [-0.3, -0.25) is 0 Å². The van der Waals surface area contributed by atoms with Gasteiger partial charge in [0.2, 0.25) is 0 Å². The lowest BCUT2D eigenvalue weighted by molar-refractivity contribution is -0.0606. The molecule has 9 atom stereocenters. The molecule has 0 spiro atoms. The van der Waals surface area contributed by atoms with Crippen molar-refractivity contribution >= 4 is 0 Å². The molecule has 0 radical (unpaired) electrons. The van der Waals surface area contributed by atoms with Gasteiger partial charge >= 0.3 is 0 Å². The zero-order chi connectivity index (χ0) is 21.7. The van der Waals surface area contributed by atoms with Crippen LogP contribution in [0.2, 0.25) is 0 Å². The van der Waals surface area contributed by atoms with Gasteiger partial charge in [0.05, 0.1) is 0 Å². The highest BCUT2D eigenvalue weighted by Gasteiger charge is 2.59. The fourth-order valence-electron chi connectivity index (χ4n) is 9.56. The Balaban J connectivity index is 1.47. The van der Waals surface area contributed by atoms with Crippen LogP contribution in [0.25, 0.3) is 0 Å². The van der Waals surface area contributed by atoms with Crippen molar-refractivity contribution in [2.75, 3.05) is 0 Å². The third-order valence-corrected chi connectivity index (χ3v) is 11.6. The Bertz CT molecular complexity index is 628. The van der Waals surface area contributed by atoms with Gasteiger partial charge in [-0.1, -0.05) is 73.0 Å². The van der Waals surface area contributed by atoms with Crippen LogP contribution in [0.3, 0.4) is 0 Å². The Kier molecular flexibility index (Phi) is 6.56. The molecule has 172 valence electrons. The zero-order valence-electron chi connectivity index (χ0n) is 21.5. The predicted octanol–water partition coefficient (Wildman–Crippen LogP) is 9.30. The lowest BCUT2D eigenvalue weighted by Crippen LogP contribution is -2.50. The smallest absolute Gasteiger partial charge is 0.00851 e. The van der Waals surface area contributed by atoms with E-state index in [1.807, 2.05) is 5.57 Å². The molecule has 3 fully saturated rings. The maximum absolute atomic E-state index is 2.75. The summed E-state index contributed by atoms with van der Waals surface area (Å²) in [4.78, 5) is 0. The van der Waals surface area contributed by atoms with E-state index in [0.717, 1.165) is 47.3 Å². The quantitative estimate of drug-likeness (QED) is 0.381. The van der Waals surface area contributed by atoms with Crippen molar-refractivity contribution in [1.82, 2.24) is 0 Å². The Morgan fingerprint density at radius 1 is 0.933 bits per heavy atom. The van der Waals surface area contributed by atoms with Crippen molar-refractivity contribution in [1.29, 1.82) is 0 Å². The molecular weight excluding hydrogens is 360 g/mol. The molecule has 0 aromatic carbocycles. The van der Waals surface area contributed by atoms with Crippen molar-refractivity contribution in [3.8, 4) is 0 Å². The lowest BCUT2D eigenvalue weighted by atomic mass is 9.46. The van der Waals surface area contributed by atoms with Crippen molar-refractivity contribution in [3.63, 3.8) is 0 Å². The minimum atomic E-state index is 0.548.